The van der Waals surface area contributed by atoms with Gasteiger partial charge in [-0.15, -0.1) is 11.3 Å². The standard InChI is InChI=1S/C11H11IN2S/c1-14(11-7-15-8-13-11)6-9-2-4-10(12)5-3-9/h2-5,7-8H,6H2,1H3. The van der Waals surface area contributed by atoms with E-state index in [1.165, 1.54) is 9.13 Å². The van der Waals surface area contributed by atoms with Gasteiger partial charge < -0.3 is 4.90 Å². The minimum atomic E-state index is 0.903. The molecule has 15 heavy (non-hydrogen) atoms. The molecule has 0 aliphatic rings. The van der Waals surface area contributed by atoms with E-state index in [-0.39, 0.29) is 0 Å². The van der Waals surface area contributed by atoms with Crippen molar-refractivity contribution in [1.29, 1.82) is 0 Å². The first-order chi connectivity index (χ1) is 7.25. The summed E-state index contributed by atoms with van der Waals surface area (Å²) in [6, 6.07) is 8.57. The summed E-state index contributed by atoms with van der Waals surface area (Å²) in [5.41, 5.74) is 3.17. The maximum absolute atomic E-state index is 4.27. The molecular weight excluding hydrogens is 319 g/mol. The topological polar surface area (TPSA) is 16.1 Å². The second-order valence-corrected chi connectivity index (χ2v) is 5.29. The fourth-order valence-corrected chi connectivity index (χ4v) is 2.29. The highest BCUT2D eigenvalue weighted by molar-refractivity contribution is 14.1. The number of thiazole rings is 1. The lowest BCUT2D eigenvalue weighted by atomic mass is 10.2. The third kappa shape index (κ3) is 2.92. The Labute approximate surface area is 107 Å². The SMILES string of the molecule is CN(Cc1ccc(I)cc1)c1cscn1. The summed E-state index contributed by atoms with van der Waals surface area (Å²) >= 11 is 3.94. The molecule has 0 aliphatic carbocycles. The lowest BCUT2D eigenvalue weighted by Crippen LogP contribution is -2.16. The lowest BCUT2D eigenvalue weighted by molar-refractivity contribution is 0.904. The molecule has 1 aromatic carbocycles. The van der Waals surface area contributed by atoms with E-state index in [2.05, 4.69) is 69.2 Å². The molecule has 0 fully saturated rings. The van der Waals surface area contributed by atoms with E-state index in [0.717, 1.165) is 12.4 Å². The van der Waals surface area contributed by atoms with Crippen LogP contribution in [-0.4, -0.2) is 12.0 Å². The van der Waals surface area contributed by atoms with E-state index in [0.29, 0.717) is 0 Å². The molecule has 4 heteroatoms. The molecule has 2 rings (SSSR count). The number of rotatable bonds is 3. The van der Waals surface area contributed by atoms with Crippen LogP contribution < -0.4 is 4.90 Å². The number of hydrogen-bond donors (Lipinski definition) is 0. The summed E-state index contributed by atoms with van der Waals surface area (Å²) < 4.78 is 1.27. The summed E-state index contributed by atoms with van der Waals surface area (Å²) in [6.45, 7) is 0.903. The molecule has 0 spiro atoms. The van der Waals surface area contributed by atoms with E-state index in [9.17, 15) is 0 Å². The highest BCUT2D eigenvalue weighted by Crippen LogP contribution is 2.15. The Morgan fingerprint density at radius 1 is 1.33 bits per heavy atom. The van der Waals surface area contributed by atoms with Crippen LogP contribution in [-0.2, 0) is 6.54 Å². The summed E-state index contributed by atoms with van der Waals surface area (Å²) in [5, 5.41) is 2.06. The van der Waals surface area contributed by atoms with Gasteiger partial charge >= 0.3 is 0 Å². The number of aromatic nitrogens is 1. The highest BCUT2D eigenvalue weighted by Gasteiger charge is 2.03. The third-order valence-electron chi connectivity index (χ3n) is 2.14. The van der Waals surface area contributed by atoms with Gasteiger partial charge in [0.2, 0.25) is 0 Å². The van der Waals surface area contributed by atoms with Gasteiger partial charge in [-0.1, -0.05) is 12.1 Å². The minimum Gasteiger partial charge on any atom is -0.355 e. The Balaban J connectivity index is 2.06. The Morgan fingerprint density at radius 3 is 2.67 bits per heavy atom. The minimum absolute atomic E-state index is 0.903. The van der Waals surface area contributed by atoms with E-state index in [4.69, 9.17) is 0 Å². The third-order valence-corrected chi connectivity index (χ3v) is 3.44. The summed E-state index contributed by atoms with van der Waals surface area (Å²) in [4.78, 5) is 6.42. The molecule has 0 atom stereocenters. The second-order valence-electron chi connectivity index (χ2n) is 3.33. The van der Waals surface area contributed by atoms with Crippen molar-refractivity contribution in [1.82, 2.24) is 4.98 Å². The number of benzene rings is 1. The Kier molecular flexibility index (Phi) is 3.58. The quantitative estimate of drug-likeness (QED) is 0.802. The van der Waals surface area contributed by atoms with Gasteiger partial charge in [-0.3, -0.25) is 0 Å². The van der Waals surface area contributed by atoms with Gasteiger partial charge in [0.05, 0.1) is 5.51 Å². The van der Waals surface area contributed by atoms with E-state index in [1.54, 1.807) is 11.3 Å². The summed E-state index contributed by atoms with van der Waals surface area (Å²) in [6.07, 6.45) is 0. The van der Waals surface area contributed by atoms with Crippen molar-refractivity contribution in [2.75, 3.05) is 11.9 Å². The largest absolute Gasteiger partial charge is 0.355 e. The average Bonchev–Trinajstić information content (AvgIpc) is 2.74. The number of halogens is 1. The zero-order valence-electron chi connectivity index (χ0n) is 8.35. The van der Waals surface area contributed by atoms with Crippen molar-refractivity contribution >= 4 is 39.7 Å². The molecule has 1 aromatic heterocycles. The van der Waals surface area contributed by atoms with Crippen molar-refractivity contribution in [2.24, 2.45) is 0 Å². The van der Waals surface area contributed by atoms with Crippen LogP contribution in [0.1, 0.15) is 5.56 Å². The van der Waals surface area contributed by atoms with Gasteiger partial charge in [-0.05, 0) is 40.3 Å². The van der Waals surface area contributed by atoms with Crippen molar-refractivity contribution in [3.05, 3.63) is 44.3 Å². The first kappa shape index (κ1) is 10.9. The van der Waals surface area contributed by atoms with Gasteiger partial charge in [0, 0.05) is 22.5 Å². The van der Waals surface area contributed by atoms with E-state index >= 15 is 0 Å². The molecule has 0 radical (unpaired) electrons. The molecule has 0 bridgehead atoms. The van der Waals surface area contributed by atoms with Crippen LogP contribution in [0.5, 0.6) is 0 Å². The smallest absolute Gasteiger partial charge is 0.139 e. The van der Waals surface area contributed by atoms with Crippen molar-refractivity contribution in [2.45, 2.75) is 6.54 Å². The van der Waals surface area contributed by atoms with Crippen LogP contribution in [0, 0.1) is 3.57 Å². The van der Waals surface area contributed by atoms with Gasteiger partial charge in [0.1, 0.15) is 5.82 Å². The predicted molar refractivity (Wildman–Crippen MR) is 73.4 cm³/mol. The van der Waals surface area contributed by atoms with E-state index in [1.807, 2.05) is 5.51 Å². The Bertz CT molecular complexity index is 411. The maximum Gasteiger partial charge on any atom is 0.139 e. The molecule has 2 nitrogen and oxygen atoms in total. The fourth-order valence-electron chi connectivity index (χ4n) is 1.34. The predicted octanol–water partition coefficient (Wildman–Crippen LogP) is 3.38. The molecule has 0 saturated heterocycles. The van der Waals surface area contributed by atoms with Gasteiger partial charge in [0.15, 0.2) is 0 Å². The zero-order valence-corrected chi connectivity index (χ0v) is 11.3. The van der Waals surface area contributed by atoms with Gasteiger partial charge in [-0.2, -0.15) is 0 Å². The average molecular weight is 330 g/mol. The van der Waals surface area contributed by atoms with Crippen LogP contribution in [0.25, 0.3) is 0 Å². The van der Waals surface area contributed by atoms with Gasteiger partial charge in [-0.25, -0.2) is 4.98 Å². The highest BCUT2D eigenvalue weighted by atomic mass is 127. The second kappa shape index (κ2) is 4.94. The Morgan fingerprint density at radius 2 is 2.07 bits per heavy atom. The zero-order chi connectivity index (χ0) is 10.7. The van der Waals surface area contributed by atoms with Gasteiger partial charge in [0.25, 0.3) is 0 Å². The first-order valence-corrected chi connectivity index (χ1v) is 6.61. The molecule has 0 saturated carbocycles. The van der Waals surface area contributed by atoms with Crippen LogP contribution in [0.2, 0.25) is 0 Å². The summed E-state index contributed by atoms with van der Waals surface area (Å²) in [7, 11) is 2.06. The molecule has 1 heterocycles. The molecule has 0 unspecified atom stereocenters. The molecular formula is C11H11IN2S. The molecule has 0 aliphatic heterocycles. The lowest BCUT2D eigenvalue weighted by Gasteiger charge is -2.16. The normalized spacial score (nSPS) is 10.3. The molecule has 0 N–H and O–H groups in total. The van der Waals surface area contributed by atoms with Crippen LogP contribution >= 0.6 is 33.9 Å². The molecule has 78 valence electrons. The fraction of sp³-hybridized carbons (Fsp3) is 0.182. The molecule has 0 amide bonds. The van der Waals surface area contributed by atoms with Crippen molar-refractivity contribution in [3.63, 3.8) is 0 Å². The van der Waals surface area contributed by atoms with Crippen molar-refractivity contribution in [3.8, 4) is 0 Å². The number of anilines is 1. The maximum atomic E-state index is 4.27. The van der Waals surface area contributed by atoms with Crippen molar-refractivity contribution < 1.29 is 0 Å². The summed E-state index contributed by atoms with van der Waals surface area (Å²) in [5.74, 6) is 1.04. The first-order valence-electron chi connectivity index (χ1n) is 4.59. The van der Waals surface area contributed by atoms with Crippen LogP contribution in [0.3, 0.4) is 0 Å². The number of hydrogen-bond acceptors (Lipinski definition) is 3. The van der Waals surface area contributed by atoms with E-state index < -0.39 is 0 Å². The van der Waals surface area contributed by atoms with Crippen LogP contribution in [0.15, 0.2) is 35.2 Å². The molecule has 2 aromatic rings. The van der Waals surface area contributed by atoms with Crippen LogP contribution in [0.4, 0.5) is 5.82 Å². The monoisotopic (exact) mass is 330 g/mol. The Hall–Kier alpha value is -0.620. The number of nitrogens with zero attached hydrogens (tertiary/aromatic N) is 2.